The minimum atomic E-state index is -0.686. The number of nitrogens with zero attached hydrogens (tertiary/aromatic N) is 1. The fraction of sp³-hybridized carbons (Fsp3) is 0.533. The standard InChI is InChI=1S/C15H22N2O3/c1-15(19)7-4-9-17(10-8-15)14(18)11-5-3-6-12(20-2)13(11)16/h3,5-6,19H,4,7-10,16H2,1-2H3. The number of hydrogen-bond donors (Lipinski definition) is 2. The van der Waals surface area contributed by atoms with Gasteiger partial charge in [0.2, 0.25) is 0 Å². The van der Waals surface area contributed by atoms with Gasteiger partial charge < -0.3 is 20.5 Å². The summed E-state index contributed by atoms with van der Waals surface area (Å²) in [5.74, 6) is 0.414. The Morgan fingerprint density at radius 1 is 1.40 bits per heavy atom. The third-order valence-corrected chi connectivity index (χ3v) is 3.87. The molecule has 0 bridgehead atoms. The van der Waals surface area contributed by atoms with Gasteiger partial charge in [-0.3, -0.25) is 4.79 Å². The zero-order valence-electron chi connectivity index (χ0n) is 12.1. The molecule has 20 heavy (non-hydrogen) atoms. The van der Waals surface area contributed by atoms with Crippen molar-refractivity contribution in [2.45, 2.75) is 31.8 Å². The number of carbonyl (C=O) groups is 1. The number of likely N-dealkylation sites (tertiary alicyclic amines) is 1. The van der Waals surface area contributed by atoms with Gasteiger partial charge in [-0.15, -0.1) is 0 Å². The van der Waals surface area contributed by atoms with E-state index < -0.39 is 5.60 Å². The molecule has 3 N–H and O–H groups in total. The quantitative estimate of drug-likeness (QED) is 0.807. The van der Waals surface area contributed by atoms with E-state index in [0.717, 1.165) is 6.42 Å². The van der Waals surface area contributed by atoms with Crippen molar-refractivity contribution < 1.29 is 14.6 Å². The molecule has 0 aromatic heterocycles. The summed E-state index contributed by atoms with van der Waals surface area (Å²) in [4.78, 5) is 14.3. The molecular weight excluding hydrogens is 256 g/mol. The first-order chi connectivity index (χ1) is 9.44. The fourth-order valence-electron chi connectivity index (χ4n) is 2.55. The van der Waals surface area contributed by atoms with Gasteiger partial charge in [-0.1, -0.05) is 6.07 Å². The number of para-hydroxylation sites is 1. The molecule has 1 aromatic carbocycles. The Balaban J connectivity index is 2.19. The molecule has 1 fully saturated rings. The van der Waals surface area contributed by atoms with Crippen LogP contribution < -0.4 is 10.5 Å². The van der Waals surface area contributed by atoms with E-state index in [4.69, 9.17) is 10.5 Å². The lowest BCUT2D eigenvalue weighted by Gasteiger charge is -2.23. The van der Waals surface area contributed by atoms with E-state index in [9.17, 15) is 9.90 Å². The Morgan fingerprint density at radius 2 is 2.15 bits per heavy atom. The minimum Gasteiger partial charge on any atom is -0.495 e. The summed E-state index contributed by atoms with van der Waals surface area (Å²) < 4.78 is 5.15. The van der Waals surface area contributed by atoms with Crippen molar-refractivity contribution in [2.75, 3.05) is 25.9 Å². The summed E-state index contributed by atoms with van der Waals surface area (Å²) >= 11 is 0. The Morgan fingerprint density at radius 3 is 2.85 bits per heavy atom. The van der Waals surface area contributed by atoms with Gasteiger partial charge in [-0.2, -0.15) is 0 Å². The number of aliphatic hydroxyl groups is 1. The van der Waals surface area contributed by atoms with Crippen LogP contribution in [0, 0.1) is 0 Å². The Labute approximate surface area is 119 Å². The number of benzene rings is 1. The molecular formula is C15H22N2O3. The van der Waals surface area contributed by atoms with E-state index in [2.05, 4.69) is 0 Å². The Bertz CT molecular complexity index is 500. The maximum atomic E-state index is 12.6. The number of methoxy groups -OCH3 is 1. The number of anilines is 1. The lowest BCUT2D eigenvalue weighted by molar-refractivity contribution is 0.0438. The molecule has 1 unspecified atom stereocenters. The van der Waals surface area contributed by atoms with Gasteiger partial charge in [0.1, 0.15) is 5.75 Å². The van der Waals surface area contributed by atoms with Crippen LogP contribution in [0.4, 0.5) is 5.69 Å². The predicted octanol–water partition coefficient (Wildman–Crippen LogP) is 1.65. The maximum Gasteiger partial charge on any atom is 0.256 e. The molecule has 5 nitrogen and oxygen atoms in total. The van der Waals surface area contributed by atoms with Crippen molar-refractivity contribution in [3.8, 4) is 5.75 Å². The number of rotatable bonds is 2. The molecule has 0 saturated carbocycles. The van der Waals surface area contributed by atoms with Gasteiger partial charge in [0.15, 0.2) is 0 Å². The third-order valence-electron chi connectivity index (χ3n) is 3.87. The van der Waals surface area contributed by atoms with Crippen LogP contribution in [-0.4, -0.2) is 41.7 Å². The number of carbonyl (C=O) groups excluding carboxylic acids is 1. The highest BCUT2D eigenvalue weighted by Gasteiger charge is 2.28. The summed E-state index contributed by atoms with van der Waals surface area (Å²) in [5.41, 5.74) is 6.12. The van der Waals surface area contributed by atoms with Crippen molar-refractivity contribution in [1.82, 2.24) is 4.90 Å². The molecule has 1 atom stereocenters. The summed E-state index contributed by atoms with van der Waals surface area (Å²) in [6, 6.07) is 5.21. The molecule has 5 heteroatoms. The topological polar surface area (TPSA) is 75.8 Å². The van der Waals surface area contributed by atoms with Crippen LogP contribution in [-0.2, 0) is 0 Å². The molecule has 0 aliphatic carbocycles. The van der Waals surface area contributed by atoms with E-state index >= 15 is 0 Å². The second kappa shape index (κ2) is 5.71. The minimum absolute atomic E-state index is 0.0981. The molecule has 1 aromatic rings. The van der Waals surface area contributed by atoms with Gasteiger partial charge >= 0.3 is 0 Å². The van der Waals surface area contributed by atoms with Crippen LogP contribution in [0.3, 0.4) is 0 Å². The average molecular weight is 278 g/mol. The molecule has 1 amide bonds. The summed E-state index contributed by atoms with van der Waals surface area (Å²) in [6.07, 6.45) is 2.09. The number of hydrogen-bond acceptors (Lipinski definition) is 4. The monoisotopic (exact) mass is 278 g/mol. The average Bonchev–Trinajstić information content (AvgIpc) is 2.59. The van der Waals surface area contributed by atoms with Crippen LogP contribution >= 0.6 is 0 Å². The molecule has 110 valence electrons. The van der Waals surface area contributed by atoms with E-state index in [1.54, 1.807) is 23.1 Å². The molecule has 1 heterocycles. The summed E-state index contributed by atoms with van der Waals surface area (Å²) in [5, 5.41) is 10.1. The van der Waals surface area contributed by atoms with Gasteiger partial charge in [0, 0.05) is 13.1 Å². The van der Waals surface area contributed by atoms with Crippen molar-refractivity contribution in [3.63, 3.8) is 0 Å². The van der Waals surface area contributed by atoms with Gasteiger partial charge in [0.25, 0.3) is 5.91 Å². The van der Waals surface area contributed by atoms with E-state index in [1.807, 2.05) is 6.92 Å². The van der Waals surface area contributed by atoms with E-state index in [0.29, 0.717) is 42.9 Å². The number of amides is 1. The highest BCUT2D eigenvalue weighted by Crippen LogP contribution is 2.28. The first kappa shape index (κ1) is 14.7. The van der Waals surface area contributed by atoms with Crippen LogP contribution in [0.1, 0.15) is 36.5 Å². The summed E-state index contributed by atoms with van der Waals surface area (Å²) in [6.45, 7) is 3.01. The molecule has 1 aliphatic rings. The Hall–Kier alpha value is -1.75. The third kappa shape index (κ3) is 3.04. The van der Waals surface area contributed by atoms with Crippen molar-refractivity contribution in [1.29, 1.82) is 0 Å². The van der Waals surface area contributed by atoms with Crippen molar-refractivity contribution in [2.24, 2.45) is 0 Å². The second-order valence-electron chi connectivity index (χ2n) is 5.56. The first-order valence-corrected chi connectivity index (χ1v) is 6.89. The normalized spacial score (nSPS) is 23.2. The highest BCUT2D eigenvalue weighted by atomic mass is 16.5. The zero-order valence-corrected chi connectivity index (χ0v) is 12.1. The van der Waals surface area contributed by atoms with Gasteiger partial charge in [-0.25, -0.2) is 0 Å². The predicted molar refractivity (Wildman–Crippen MR) is 77.8 cm³/mol. The molecule has 0 radical (unpaired) electrons. The van der Waals surface area contributed by atoms with Crippen molar-refractivity contribution >= 4 is 11.6 Å². The zero-order chi connectivity index (χ0) is 14.8. The smallest absolute Gasteiger partial charge is 0.256 e. The van der Waals surface area contributed by atoms with E-state index in [-0.39, 0.29) is 5.91 Å². The number of ether oxygens (including phenoxy) is 1. The number of nitrogens with two attached hydrogens (primary N) is 1. The largest absolute Gasteiger partial charge is 0.495 e. The number of nitrogen functional groups attached to an aromatic ring is 1. The van der Waals surface area contributed by atoms with E-state index in [1.165, 1.54) is 7.11 Å². The lowest BCUT2D eigenvalue weighted by Crippen LogP contribution is -2.34. The lowest BCUT2D eigenvalue weighted by atomic mass is 9.98. The van der Waals surface area contributed by atoms with Crippen LogP contribution in [0.2, 0.25) is 0 Å². The summed E-state index contributed by atoms with van der Waals surface area (Å²) in [7, 11) is 1.53. The molecule has 1 aliphatic heterocycles. The van der Waals surface area contributed by atoms with Crippen LogP contribution in [0.15, 0.2) is 18.2 Å². The Kier molecular flexibility index (Phi) is 4.18. The van der Waals surface area contributed by atoms with Crippen LogP contribution in [0.5, 0.6) is 5.75 Å². The molecule has 1 saturated heterocycles. The van der Waals surface area contributed by atoms with Crippen LogP contribution in [0.25, 0.3) is 0 Å². The SMILES string of the molecule is COc1cccc(C(=O)N2CCCC(C)(O)CC2)c1N. The fourth-order valence-corrected chi connectivity index (χ4v) is 2.55. The van der Waals surface area contributed by atoms with Gasteiger partial charge in [0.05, 0.1) is 24.0 Å². The highest BCUT2D eigenvalue weighted by molar-refractivity contribution is 6.00. The van der Waals surface area contributed by atoms with Gasteiger partial charge in [-0.05, 0) is 38.3 Å². The maximum absolute atomic E-state index is 12.6. The first-order valence-electron chi connectivity index (χ1n) is 6.89. The molecule has 2 rings (SSSR count). The molecule has 0 spiro atoms. The second-order valence-corrected chi connectivity index (χ2v) is 5.56. The van der Waals surface area contributed by atoms with Crippen molar-refractivity contribution in [3.05, 3.63) is 23.8 Å².